The minimum Gasteiger partial charge on any atom is -0.478 e. The Morgan fingerprint density at radius 3 is 2.44 bits per heavy atom. The third kappa shape index (κ3) is 3.97. The first-order chi connectivity index (χ1) is 13.0. The van der Waals surface area contributed by atoms with E-state index in [0.29, 0.717) is 21.9 Å². The summed E-state index contributed by atoms with van der Waals surface area (Å²) in [4.78, 5) is 23.6. The lowest BCUT2D eigenvalue weighted by Gasteiger charge is -2.02. The summed E-state index contributed by atoms with van der Waals surface area (Å²) in [5.41, 5.74) is 0.797. The van der Waals surface area contributed by atoms with Gasteiger partial charge in [-0.25, -0.2) is 4.79 Å². The molecule has 1 heterocycles. The maximum atomic E-state index is 12.4. The highest BCUT2D eigenvalue weighted by Gasteiger charge is 2.15. The summed E-state index contributed by atoms with van der Waals surface area (Å²) < 4.78 is 5.65. The molecule has 0 aliphatic rings. The minimum absolute atomic E-state index is 0.0693. The number of carbonyl (C=O) groups excluding carboxylic acids is 1. The van der Waals surface area contributed by atoms with Gasteiger partial charge in [-0.15, -0.1) is 0 Å². The highest BCUT2D eigenvalue weighted by atomic mass is 35.5. The molecule has 0 aliphatic heterocycles. The number of carboxylic acid groups (broad SMARTS) is 1. The lowest BCUT2D eigenvalue weighted by Crippen LogP contribution is -2.01. The molecule has 0 saturated carbocycles. The van der Waals surface area contributed by atoms with Crippen molar-refractivity contribution in [2.24, 2.45) is 0 Å². The highest BCUT2D eigenvalue weighted by molar-refractivity contribution is 6.33. The topological polar surface area (TPSA) is 91.3 Å². The summed E-state index contributed by atoms with van der Waals surface area (Å²) in [6.07, 6.45) is 1.34. The predicted octanol–water partition coefficient (Wildman–Crippen LogP) is 5.09. The first-order valence-corrected chi connectivity index (χ1v) is 8.22. The second-order valence-corrected chi connectivity index (χ2v) is 5.97. The molecule has 0 spiro atoms. The van der Waals surface area contributed by atoms with Crippen LogP contribution in [0, 0.1) is 11.3 Å². The molecule has 3 rings (SSSR count). The molecule has 27 heavy (non-hydrogen) atoms. The second kappa shape index (κ2) is 7.73. The molecular formula is C21H12ClNO4. The van der Waals surface area contributed by atoms with Gasteiger partial charge in [0.2, 0.25) is 5.78 Å². The molecule has 1 N–H and O–H groups in total. The van der Waals surface area contributed by atoms with E-state index in [0.717, 1.165) is 0 Å². The van der Waals surface area contributed by atoms with Crippen LogP contribution in [-0.2, 0) is 0 Å². The lowest BCUT2D eigenvalue weighted by molar-refractivity contribution is 0.0696. The standard InChI is InChI=1S/C21H12ClNO4/c22-18-8-6-14(21(25)26)11-17(18)19-9-7-16(27-19)10-15(12-23)20(24)13-4-2-1-3-5-13/h1-11H,(H,25,26)/b15-10+. The van der Waals surface area contributed by atoms with E-state index >= 15 is 0 Å². The Morgan fingerprint density at radius 1 is 1.04 bits per heavy atom. The molecule has 0 bridgehead atoms. The maximum absolute atomic E-state index is 12.4. The fraction of sp³-hybridized carbons (Fsp3) is 0. The quantitative estimate of drug-likeness (QED) is 0.380. The van der Waals surface area contributed by atoms with Crippen LogP contribution in [0.5, 0.6) is 0 Å². The number of carbonyl (C=O) groups is 2. The smallest absolute Gasteiger partial charge is 0.335 e. The van der Waals surface area contributed by atoms with Gasteiger partial charge in [-0.2, -0.15) is 5.26 Å². The fourth-order valence-electron chi connectivity index (χ4n) is 2.46. The Balaban J connectivity index is 1.95. The molecule has 3 aromatic rings. The van der Waals surface area contributed by atoms with E-state index in [1.54, 1.807) is 42.5 Å². The number of allylic oxidation sites excluding steroid dienone is 1. The number of hydrogen-bond acceptors (Lipinski definition) is 4. The third-order valence-electron chi connectivity index (χ3n) is 3.79. The van der Waals surface area contributed by atoms with E-state index in [1.807, 2.05) is 6.07 Å². The van der Waals surface area contributed by atoms with Crippen LogP contribution in [0.2, 0.25) is 5.02 Å². The number of rotatable bonds is 5. The minimum atomic E-state index is -1.08. The zero-order valence-electron chi connectivity index (χ0n) is 13.8. The summed E-state index contributed by atoms with van der Waals surface area (Å²) >= 11 is 6.13. The average Bonchev–Trinajstić information content (AvgIpc) is 3.14. The molecule has 0 amide bonds. The van der Waals surface area contributed by atoms with Crippen molar-refractivity contribution in [3.05, 3.63) is 88.1 Å². The molecule has 1 aromatic heterocycles. The van der Waals surface area contributed by atoms with Crippen molar-refractivity contribution in [3.63, 3.8) is 0 Å². The number of benzene rings is 2. The Kier molecular flexibility index (Phi) is 5.20. The van der Waals surface area contributed by atoms with Crippen molar-refractivity contribution in [3.8, 4) is 17.4 Å². The van der Waals surface area contributed by atoms with Gasteiger partial charge in [-0.05, 0) is 30.3 Å². The molecule has 0 aliphatic carbocycles. The number of aromatic carboxylic acids is 1. The Labute approximate surface area is 159 Å². The number of halogens is 1. The molecule has 6 heteroatoms. The van der Waals surface area contributed by atoms with Crippen LogP contribution in [0.3, 0.4) is 0 Å². The van der Waals surface area contributed by atoms with Crippen LogP contribution in [0.25, 0.3) is 17.4 Å². The molecule has 0 saturated heterocycles. The monoisotopic (exact) mass is 377 g/mol. The molecule has 0 atom stereocenters. The lowest BCUT2D eigenvalue weighted by atomic mass is 10.0. The molecule has 0 fully saturated rings. The van der Waals surface area contributed by atoms with Crippen LogP contribution >= 0.6 is 11.6 Å². The van der Waals surface area contributed by atoms with E-state index < -0.39 is 11.8 Å². The van der Waals surface area contributed by atoms with Crippen LogP contribution in [0.15, 0.2) is 70.7 Å². The largest absolute Gasteiger partial charge is 0.478 e. The predicted molar refractivity (Wildman–Crippen MR) is 100 cm³/mol. The molecule has 2 aromatic carbocycles. The summed E-state index contributed by atoms with van der Waals surface area (Å²) in [5.74, 6) is -0.886. The number of hydrogen-bond donors (Lipinski definition) is 1. The van der Waals surface area contributed by atoms with Crippen molar-refractivity contribution >= 4 is 29.4 Å². The number of carboxylic acids is 1. The molecular weight excluding hydrogens is 366 g/mol. The van der Waals surface area contributed by atoms with Crippen molar-refractivity contribution in [2.45, 2.75) is 0 Å². The molecule has 0 unspecified atom stereocenters. The van der Waals surface area contributed by atoms with Gasteiger partial charge in [-0.1, -0.05) is 41.9 Å². The summed E-state index contributed by atoms with van der Waals surface area (Å²) in [6.45, 7) is 0. The van der Waals surface area contributed by atoms with Crippen molar-refractivity contribution in [1.82, 2.24) is 0 Å². The van der Waals surface area contributed by atoms with Crippen LogP contribution in [0.1, 0.15) is 26.5 Å². The van der Waals surface area contributed by atoms with Crippen molar-refractivity contribution in [2.75, 3.05) is 0 Å². The van der Waals surface area contributed by atoms with Gasteiger partial charge in [-0.3, -0.25) is 4.79 Å². The number of ketones is 1. The number of nitrogens with zero attached hydrogens (tertiary/aromatic N) is 1. The summed E-state index contributed by atoms with van der Waals surface area (Å²) in [7, 11) is 0. The average molecular weight is 378 g/mol. The second-order valence-electron chi connectivity index (χ2n) is 5.57. The maximum Gasteiger partial charge on any atom is 0.335 e. The van der Waals surface area contributed by atoms with Crippen molar-refractivity contribution < 1.29 is 19.1 Å². The van der Waals surface area contributed by atoms with E-state index in [-0.39, 0.29) is 16.9 Å². The molecule has 5 nitrogen and oxygen atoms in total. The van der Waals surface area contributed by atoms with Gasteiger partial charge in [0, 0.05) is 17.2 Å². The first kappa shape index (κ1) is 18.2. The fourth-order valence-corrected chi connectivity index (χ4v) is 2.67. The summed E-state index contributed by atoms with van der Waals surface area (Å²) in [6, 6.07) is 17.8. The van der Waals surface area contributed by atoms with Crippen molar-refractivity contribution in [1.29, 1.82) is 5.26 Å². The van der Waals surface area contributed by atoms with Gasteiger partial charge < -0.3 is 9.52 Å². The number of furan rings is 1. The van der Waals surface area contributed by atoms with E-state index in [9.17, 15) is 14.9 Å². The number of nitriles is 1. The molecule has 132 valence electrons. The zero-order valence-corrected chi connectivity index (χ0v) is 14.6. The normalized spacial score (nSPS) is 11.0. The highest BCUT2D eigenvalue weighted by Crippen LogP contribution is 2.31. The van der Waals surface area contributed by atoms with Gasteiger partial charge in [0.05, 0.1) is 10.6 Å². The Morgan fingerprint density at radius 2 is 1.78 bits per heavy atom. The van der Waals surface area contributed by atoms with Gasteiger partial charge in [0.1, 0.15) is 23.2 Å². The van der Waals surface area contributed by atoms with E-state index in [1.165, 1.54) is 24.3 Å². The van der Waals surface area contributed by atoms with Gasteiger partial charge in [0.25, 0.3) is 0 Å². The van der Waals surface area contributed by atoms with Crippen LogP contribution in [-0.4, -0.2) is 16.9 Å². The zero-order chi connectivity index (χ0) is 19.4. The third-order valence-corrected chi connectivity index (χ3v) is 4.12. The first-order valence-electron chi connectivity index (χ1n) is 7.84. The van der Waals surface area contributed by atoms with Crippen LogP contribution in [0.4, 0.5) is 0 Å². The van der Waals surface area contributed by atoms with E-state index in [2.05, 4.69) is 0 Å². The van der Waals surface area contributed by atoms with Gasteiger partial charge in [0.15, 0.2) is 0 Å². The van der Waals surface area contributed by atoms with Gasteiger partial charge >= 0.3 is 5.97 Å². The Hall–Kier alpha value is -3.62. The number of Topliss-reactive ketones (excluding diaryl/α,β-unsaturated/α-hetero) is 1. The van der Waals surface area contributed by atoms with Crippen LogP contribution < -0.4 is 0 Å². The Bertz CT molecular complexity index is 1090. The molecule has 0 radical (unpaired) electrons. The summed E-state index contributed by atoms with van der Waals surface area (Å²) in [5, 5.41) is 18.8. The SMILES string of the molecule is N#C/C(=C\c1ccc(-c2cc(C(=O)O)ccc2Cl)o1)C(=O)c1ccccc1. The van der Waals surface area contributed by atoms with E-state index in [4.69, 9.17) is 21.1 Å².